The van der Waals surface area contributed by atoms with Gasteiger partial charge in [0.2, 0.25) is 10.0 Å². The summed E-state index contributed by atoms with van der Waals surface area (Å²) in [7, 11) is -4.19. The molecule has 5 nitrogen and oxygen atoms in total. The van der Waals surface area contributed by atoms with Crippen LogP contribution in [-0.2, 0) is 19.6 Å². The van der Waals surface area contributed by atoms with Crippen molar-refractivity contribution < 1.29 is 22.3 Å². The van der Waals surface area contributed by atoms with Gasteiger partial charge in [-0.3, -0.25) is 4.79 Å². The largest absolute Gasteiger partial charge is 0.465 e. The second-order valence-electron chi connectivity index (χ2n) is 4.50. The number of halogens is 2. The van der Waals surface area contributed by atoms with Gasteiger partial charge in [0.25, 0.3) is 0 Å². The second-order valence-corrected chi connectivity index (χ2v) is 6.77. The first kappa shape index (κ1) is 17.9. The molecule has 0 heterocycles. The highest BCUT2D eigenvalue weighted by molar-refractivity contribution is 7.89. The molecule has 0 radical (unpaired) electrons. The summed E-state index contributed by atoms with van der Waals surface area (Å²) in [6, 6.07) is 3.15. The van der Waals surface area contributed by atoms with Gasteiger partial charge in [0.1, 0.15) is 11.4 Å². The first-order chi connectivity index (χ1) is 9.71. The van der Waals surface area contributed by atoms with E-state index in [0.29, 0.717) is 0 Å². The standard InChI is InChI=1S/C13H17ClFNO4S/c1-4-20-12(17)8-16(9(2)3)21(18,19)11-7-5-6-10(14)13(11)15/h5-7,9H,4,8H2,1-3H3. The Morgan fingerprint density at radius 1 is 1.43 bits per heavy atom. The molecule has 8 heteroatoms. The summed E-state index contributed by atoms with van der Waals surface area (Å²) in [4.78, 5) is 11.0. The minimum absolute atomic E-state index is 0.135. The van der Waals surface area contributed by atoms with Gasteiger partial charge in [-0.2, -0.15) is 4.31 Å². The van der Waals surface area contributed by atoms with Crippen LogP contribution >= 0.6 is 11.6 Å². The van der Waals surface area contributed by atoms with Crippen LogP contribution in [0.3, 0.4) is 0 Å². The molecule has 1 aromatic carbocycles. The van der Waals surface area contributed by atoms with Crippen LogP contribution in [0.25, 0.3) is 0 Å². The van der Waals surface area contributed by atoms with Gasteiger partial charge in [-0.05, 0) is 32.9 Å². The third-order valence-corrected chi connectivity index (χ3v) is 5.00. The van der Waals surface area contributed by atoms with E-state index >= 15 is 0 Å². The summed E-state index contributed by atoms with van der Waals surface area (Å²) in [5, 5.41) is -0.295. The Kier molecular flexibility index (Phi) is 6.12. The number of carbonyl (C=O) groups is 1. The topological polar surface area (TPSA) is 63.7 Å². The van der Waals surface area contributed by atoms with Crippen LogP contribution in [0.4, 0.5) is 4.39 Å². The van der Waals surface area contributed by atoms with Crippen LogP contribution in [0.1, 0.15) is 20.8 Å². The van der Waals surface area contributed by atoms with Crippen molar-refractivity contribution in [3.05, 3.63) is 29.0 Å². The molecule has 0 atom stereocenters. The smallest absolute Gasteiger partial charge is 0.321 e. The summed E-state index contributed by atoms with van der Waals surface area (Å²) < 4.78 is 44.6. The fraction of sp³-hybridized carbons (Fsp3) is 0.462. The molecule has 0 N–H and O–H groups in total. The average Bonchev–Trinajstić information content (AvgIpc) is 2.38. The van der Waals surface area contributed by atoms with Crippen LogP contribution in [0, 0.1) is 5.82 Å². The number of esters is 1. The van der Waals surface area contributed by atoms with E-state index in [-0.39, 0.29) is 11.6 Å². The van der Waals surface area contributed by atoms with Crippen molar-refractivity contribution in [2.75, 3.05) is 13.2 Å². The maximum atomic E-state index is 14.0. The third kappa shape index (κ3) is 4.15. The molecule has 0 aliphatic heterocycles. The zero-order valence-electron chi connectivity index (χ0n) is 12.0. The van der Waals surface area contributed by atoms with E-state index in [2.05, 4.69) is 0 Å². The molecule has 0 aliphatic rings. The SMILES string of the molecule is CCOC(=O)CN(C(C)C)S(=O)(=O)c1cccc(Cl)c1F. The van der Waals surface area contributed by atoms with E-state index < -0.39 is 39.3 Å². The van der Waals surface area contributed by atoms with Gasteiger partial charge >= 0.3 is 5.97 Å². The molecule has 118 valence electrons. The van der Waals surface area contributed by atoms with Crippen LogP contribution in [0.15, 0.2) is 23.1 Å². The number of benzene rings is 1. The Morgan fingerprint density at radius 2 is 2.05 bits per heavy atom. The quantitative estimate of drug-likeness (QED) is 0.748. The Balaban J connectivity index is 3.23. The molecule has 0 unspecified atom stereocenters. The minimum Gasteiger partial charge on any atom is -0.465 e. The highest BCUT2D eigenvalue weighted by atomic mass is 35.5. The molecule has 0 saturated carbocycles. The van der Waals surface area contributed by atoms with E-state index in [1.54, 1.807) is 20.8 Å². The zero-order valence-corrected chi connectivity index (χ0v) is 13.5. The van der Waals surface area contributed by atoms with Gasteiger partial charge in [-0.1, -0.05) is 17.7 Å². The minimum atomic E-state index is -4.19. The molecule has 0 saturated heterocycles. The van der Waals surface area contributed by atoms with E-state index in [1.807, 2.05) is 0 Å². The molecular weight excluding hydrogens is 321 g/mol. The van der Waals surface area contributed by atoms with Crippen molar-refractivity contribution in [1.29, 1.82) is 0 Å². The maximum Gasteiger partial charge on any atom is 0.321 e. The van der Waals surface area contributed by atoms with E-state index in [9.17, 15) is 17.6 Å². The van der Waals surface area contributed by atoms with Crippen LogP contribution < -0.4 is 0 Å². The molecular formula is C13H17ClFNO4S. The molecule has 0 aliphatic carbocycles. The number of hydrogen-bond acceptors (Lipinski definition) is 4. The van der Waals surface area contributed by atoms with Crippen molar-refractivity contribution in [3.8, 4) is 0 Å². The molecule has 1 aromatic rings. The van der Waals surface area contributed by atoms with Crippen LogP contribution in [0.2, 0.25) is 5.02 Å². The monoisotopic (exact) mass is 337 g/mol. The molecule has 0 amide bonds. The Bertz CT molecular complexity index is 619. The Hall–Kier alpha value is -1.18. The lowest BCUT2D eigenvalue weighted by Gasteiger charge is -2.25. The second kappa shape index (κ2) is 7.20. The lowest BCUT2D eigenvalue weighted by Crippen LogP contribution is -2.41. The molecule has 0 aromatic heterocycles. The van der Waals surface area contributed by atoms with Crippen molar-refractivity contribution >= 4 is 27.6 Å². The number of sulfonamides is 1. The predicted molar refractivity (Wildman–Crippen MR) is 77.1 cm³/mol. The van der Waals surface area contributed by atoms with E-state index in [1.165, 1.54) is 12.1 Å². The summed E-state index contributed by atoms with van der Waals surface area (Å²) >= 11 is 5.61. The first-order valence-electron chi connectivity index (χ1n) is 6.33. The van der Waals surface area contributed by atoms with Gasteiger partial charge in [-0.15, -0.1) is 0 Å². The van der Waals surface area contributed by atoms with Crippen molar-refractivity contribution in [2.24, 2.45) is 0 Å². The van der Waals surface area contributed by atoms with Gasteiger partial charge in [-0.25, -0.2) is 12.8 Å². The van der Waals surface area contributed by atoms with Gasteiger partial charge in [0.15, 0.2) is 5.82 Å². The molecule has 0 fully saturated rings. The van der Waals surface area contributed by atoms with Gasteiger partial charge in [0.05, 0.1) is 11.6 Å². The van der Waals surface area contributed by atoms with Crippen molar-refractivity contribution in [2.45, 2.75) is 31.7 Å². The first-order valence-corrected chi connectivity index (χ1v) is 8.15. The number of hydrogen-bond donors (Lipinski definition) is 0. The van der Waals surface area contributed by atoms with Crippen molar-refractivity contribution in [3.63, 3.8) is 0 Å². The van der Waals surface area contributed by atoms with Gasteiger partial charge < -0.3 is 4.74 Å². The van der Waals surface area contributed by atoms with E-state index in [0.717, 1.165) is 10.4 Å². The summed E-state index contributed by atoms with van der Waals surface area (Å²) in [6.07, 6.45) is 0. The highest BCUT2D eigenvalue weighted by Gasteiger charge is 2.32. The van der Waals surface area contributed by atoms with Crippen molar-refractivity contribution in [1.82, 2.24) is 4.31 Å². The maximum absolute atomic E-state index is 14.0. The molecule has 21 heavy (non-hydrogen) atoms. The average molecular weight is 338 g/mol. The summed E-state index contributed by atoms with van der Waals surface area (Å²) in [6.45, 7) is 4.43. The third-order valence-electron chi connectivity index (χ3n) is 2.67. The number of ether oxygens (including phenoxy) is 1. The van der Waals surface area contributed by atoms with Crippen LogP contribution in [0.5, 0.6) is 0 Å². The molecule has 0 spiro atoms. The number of rotatable bonds is 6. The summed E-state index contributed by atoms with van der Waals surface area (Å²) in [5.41, 5.74) is 0. The normalized spacial score (nSPS) is 12.0. The lowest BCUT2D eigenvalue weighted by atomic mass is 10.3. The zero-order chi connectivity index (χ0) is 16.2. The Labute approximate surface area is 128 Å². The number of nitrogens with zero attached hydrogens (tertiary/aromatic N) is 1. The molecule has 0 bridgehead atoms. The predicted octanol–water partition coefficient (Wildman–Crippen LogP) is 2.44. The Morgan fingerprint density at radius 3 is 2.57 bits per heavy atom. The van der Waals surface area contributed by atoms with E-state index in [4.69, 9.17) is 16.3 Å². The fourth-order valence-electron chi connectivity index (χ4n) is 1.69. The van der Waals surface area contributed by atoms with Gasteiger partial charge in [0, 0.05) is 6.04 Å². The fourth-order valence-corrected chi connectivity index (χ4v) is 3.59. The lowest BCUT2D eigenvalue weighted by molar-refractivity contribution is -0.143. The summed E-state index contributed by atoms with van der Waals surface area (Å²) in [5.74, 6) is -1.73. The number of carbonyl (C=O) groups excluding carboxylic acids is 1. The van der Waals surface area contributed by atoms with Crippen LogP contribution in [-0.4, -0.2) is 37.9 Å². The highest BCUT2D eigenvalue weighted by Crippen LogP contribution is 2.25. The molecule has 1 rings (SSSR count).